The number of carboxylic acids is 1. The smallest absolute Gasteiger partial charge is 0.326 e. The van der Waals surface area contributed by atoms with Gasteiger partial charge in [-0.2, -0.15) is 0 Å². The van der Waals surface area contributed by atoms with Gasteiger partial charge in [-0.3, -0.25) is 14.4 Å². The molecule has 0 aromatic rings. The molecule has 4 atom stereocenters. The lowest BCUT2D eigenvalue weighted by Crippen LogP contribution is -2.59. The number of amides is 3. The van der Waals surface area contributed by atoms with Gasteiger partial charge in [0, 0.05) is 6.92 Å². The third kappa shape index (κ3) is 8.28. The van der Waals surface area contributed by atoms with Gasteiger partial charge in [-0.1, -0.05) is 27.7 Å². The largest absolute Gasteiger partial charge is 0.480 e. The first kappa shape index (κ1) is 23.8. The van der Waals surface area contributed by atoms with Crippen LogP contribution in [0.5, 0.6) is 0 Å². The molecule has 0 unspecified atom stereocenters. The van der Waals surface area contributed by atoms with Gasteiger partial charge in [0.15, 0.2) is 0 Å². The molecule has 0 rings (SSSR count). The number of aliphatic carboxylic acids is 1. The summed E-state index contributed by atoms with van der Waals surface area (Å²) in [7, 11) is 0. The van der Waals surface area contributed by atoms with E-state index in [1.807, 2.05) is 13.8 Å². The van der Waals surface area contributed by atoms with Crippen LogP contribution in [-0.4, -0.2) is 58.1 Å². The monoisotopic (exact) mass is 373 g/mol. The molecule has 26 heavy (non-hydrogen) atoms. The molecule has 0 heterocycles. The molecule has 0 aliphatic heterocycles. The summed E-state index contributed by atoms with van der Waals surface area (Å²) in [5.74, 6) is -3.28. The highest BCUT2D eigenvalue weighted by Crippen LogP contribution is 2.08. The van der Waals surface area contributed by atoms with Crippen LogP contribution in [0.2, 0.25) is 0 Å². The molecular weight excluding hydrogens is 342 g/mol. The zero-order chi connectivity index (χ0) is 20.6. The second-order valence-electron chi connectivity index (χ2n) is 7.18. The summed E-state index contributed by atoms with van der Waals surface area (Å²) in [5, 5.41) is 26.2. The Bertz CT molecular complexity index is 519. The fourth-order valence-corrected chi connectivity index (χ4v) is 2.36. The van der Waals surface area contributed by atoms with Crippen molar-refractivity contribution in [3.05, 3.63) is 0 Å². The predicted octanol–water partition coefficient (Wildman–Crippen LogP) is -0.372. The number of carbonyl (C=O) groups excluding carboxylic acids is 3. The normalized spacial score (nSPS) is 15.7. The maximum atomic E-state index is 12.5. The summed E-state index contributed by atoms with van der Waals surface area (Å²) < 4.78 is 0. The molecule has 0 aliphatic carbocycles. The van der Waals surface area contributed by atoms with Gasteiger partial charge in [-0.25, -0.2) is 4.79 Å². The van der Waals surface area contributed by atoms with E-state index in [-0.39, 0.29) is 18.3 Å². The maximum absolute atomic E-state index is 12.5. The van der Waals surface area contributed by atoms with Crippen molar-refractivity contribution in [2.45, 2.75) is 72.2 Å². The quantitative estimate of drug-likeness (QED) is 0.353. The lowest BCUT2D eigenvalue weighted by Gasteiger charge is -2.27. The summed E-state index contributed by atoms with van der Waals surface area (Å²) in [6.07, 6.45) is -0.912. The predicted molar refractivity (Wildman–Crippen MR) is 95.1 cm³/mol. The van der Waals surface area contributed by atoms with Crippen LogP contribution in [0.25, 0.3) is 0 Å². The van der Waals surface area contributed by atoms with Crippen molar-refractivity contribution in [1.29, 1.82) is 0 Å². The third-order valence-electron chi connectivity index (χ3n) is 3.69. The standard InChI is InChI=1S/C17H31N3O6/c1-8(2)7-12(17(25)26)19-15(23)13(9(3)4)20-16(24)14(10(5)21)18-11(6)22/h8-10,12-14,21H,7H2,1-6H3,(H,18,22)(H,19,23)(H,20,24)(H,25,26)/t10-,12+,13+,14+/m1/s1. The van der Waals surface area contributed by atoms with Crippen LogP contribution in [0.15, 0.2) is 0 Å². The summed E-state index contributed by atoms with van der Waals surface area (Å²) in [6.45, 7) is 9.61. The van der Waals surface area contributed by atoms with Crippen molar-refractivity contribution in [2.75, 3.05) is 0 Å². The highest BCUT2D eigenvalue weighted by molar-refractivity contribution is 5.93. The van der Waals surface area contributed by atoms with Crippen molar-refractivity contribution >= 4 is 23.7 Å². The van der Waals surface area contributed by atoms with Crippen LogP contribution < -0.4 is 16.0 Å². The van der Waals surface area contributed by atoms with E-state index in [4.69, 9.17) is 0 Å². The Morgan fingerprint density at radius 2 is 1.35 bits per heavy atom. The molecule has 150 valence electrons. The Morgan fingerprint density at radius 3 is 1.69 bits per heavy atom. The Kier molecular flexibility index (Phi) is 9.85. The molecule has 5 N–H and O–H groups in total. The van der Waals surface area contributed by atoms with Crippen molar-refractivity contribution in [1.82, 2.24) is 16.0 Å². The number of rotatable bonds is 10. The molecular formula is C17H31N3O6. The molecule has 0 bridgehead atoms. The van der Waals surface area contributed by atoms with Crippen LogP contribution in [0.3, 0.4) is 0 Å². The second-order valence-corrected chi connectivity index (χ2v) is 7.18. The number of carboxylic acid groups (broad SMARTS) is 1. The first-order chi connectivity index (χ1) is 11.9. The van der Waals surface area contributed by atoms with E-state index in [0.717, 1.165) is 0 Å². The lowest BCUT2D eigenvalue weighted by atomic mass is 9.99. The van der Waals surface area contributed by atoms with E-state index in [1.54, 1.807) is 13.8 Å². The lowest BCUT2D eigenvalue weighted by molar-refractivity contribution is -0.143. The van der Waals surface area contributed by atoms with Crippen LogP contribution in [-0.2, 0) is 19.2 Å². The Labute approximate surface area is 153 Å². The molecule has 9 nitrogen and oxygen atoms in total. The van der Waals surface area contributed by atoms with Gasteiger partial charge in [-0.05, 0) is 25.2 Å². The third-order valence-corrected chi connectivity index (χ3v) is 3.69. The van der Waals surface area contributed by atoms with Crippen LogP contribution in [0.4, 0.5) is 0 Å². The van der Waals surface area contributed by atoms with Gasteiger partial charge in [0.25, 0.3) is 0 Å². The van der Waals surface area contributed by atoms with E-state index in [2.05, 4.69) is 16.0 Å². The number of nitrogens with one attached hydrogen (secondary N) is 3. The SMILES string of the molecule is CC(=O)N[C@H](C(=O)N[C@H](C(=O)N[C@@H](CC(C)C)C(=O)O)C(C)C)[C@@H](C)O. The number of hydrogen-bond donors (Lipinski definition) is 5. The van der Waals surface area contributed by atoms with Crippen molar-refractivity contribution in [2.24, 2.45) is 11.8 Å². The Balaban J connectivity index is 5.21. The first-order valence-corrected chi connectivity index (χ1v) is 8.65. The average Bonchev–Trinajstić information content (AvgIpc) is 2.47. The highest BCUT2D eigenvalue weighted by atomic mass is 16.4. The number of aliphatic hydroxyl groups is 1. The minimum atomic E-state index is -1.22. The van der Waals surface area contributed by atoms with Gasteiger partial charge in [0.05, 0.1) is 6.10 Å². The molecule has 3 amide bonds. The number of carbonyl (C=O) groups is 4. The van der Waals surface area contributed by atoms with Crippen molar-refractivity contribution in [3.63, 3.8) is 0 Å². The number of hydrogen-bond acceptors (Lipinski definition) is 5. The van der Waals surface area contributed by atoms with E-state index < -0.39 is 47.9 Å². The van der Waals surface area contributed by atoms with Crippen LogP contribution in [0, 0.1) is 11.8 Å². The zero-order valence-corrected chi connectivity index (χ0v) is 16.2. The van der Waals surface area contributed by atoms with Gasteiger partial charge in [0.2, 0.25) is 17.7 Å². The van der Waals surface area contributed by atoms with Crippen molar-refractivity contribution < 1.29 is 29.4 Å². The minimum absolute atomic E-state index is 0.0582. The van der Waals surface area contributed by atoms with E-state index in [9.17, 15) is 29.4 Å². The average molecular weight is 373 g/mol. The maximum Gasteiger partial charge on any atom is 0.326 e. The summed E-state index contributed by atoms with van der Waals surface area (Å²) >= 11 is 0. The molecule has 0 radical (unpaired) electrons. The first-order valence-electron chi connectivity index (χ1n) is 8.65. The fourth-order valence-electron chi connectivity index (χ4n) is 2.36. The molecule has 0 spiro atoms. The molecule has 0 saturated heterocycles. The van der Waals surface area contributed by atoms with E-state index in [0.29, 0.717) is 0 Å². The Hall–Kier alpha value is -2.16. The van der Waals surface area contributed by atoms with Crippen LogP contribution >= 0.6 is 0 Å². The second kappa shape index (κ2) is 10.7. The highest BCUT2D eigenvalue weighted by Gasteiger charge is 2.32. The number of aliphatic hydroxyl groups excluding tert-OH is 1. The van der Waals surface area contributed by atoms with E-state index >= 15 is 0 Å². The molecule has 0 saturated carbocycles. The van der Waals surface area contributed by atoms with E-state index in [1.165, 1.54) is 13.8 Å². The van der Waals surface area contributed by atoms with Crippen molar-refractivity contribution in [3.8, 4) is 0 Å². The molecule has 9 heteroatoms. The van der Waals surface area contributed by atoms with Gasteiger partial charge >= 0.3 is 5.97 Å². The fraction of sp³-hybridized carbons (Fsp3) is 0.765. The van der Waals surface area contributed by atoms with Crippen LogP contribution in [0.1, 0.15) is 48.0 Å². The summed E-state index contributed by atoms with van der Waals surface area (Å²) in [4.78, 5) is 47.4. The van der Waals surface area contributed by atoms with Gasteiger partial charge < -0.3 is 26.2 Å². The summed E-state index contributed by atoms with van der Waals surface area (Å²) in [6, 6.07) is -3.29. The topological polar surface area (TPSA) is 145 Å². The molecule has 0 aliphatic rings. The van der Waals surface area contributed by atoms with Gasteiger partial charge in [0.1, 0.15) is 18.1 Å². The molecule has 0 aromatic carbocycles. The summed E-state index contributed by atoms with van der Waals surface area (Å²) in [5.41, 5.74) is 0. The van der Waals surface area contributed by atoms with Gasteiger partial charge in [-0.15, -0.1) is 0 Å². The zero-order valence-electron chi connectivity index (χ0n) is 16.2. The molecule has 0 aromatic heterocycles. The minimum Gasteiger partial charge on any atom is -0.480 e. The Morgan fingerprint density at radius 1 is 0.846 bits per heavy atom. The molecule has 0 fully saturated rings.